The Morgan fingerprint density at radius 1 is 1.12 bits per heavy atom. The van der Waals surface area contributed by atoms with Gasteiger partial charge in [-0.1, -0.05) is 30.3 Å². The summed E-state index contributed by atoms with van der Waals surface area (Å²) in [6.07, 6.45) is 0. The number of nitrogens with one attached hydrogen (secondary N) is 1. The van der Waals surface area contributed by atoms with Crippen molar-refractivity contribution in [2.75, 3.05) is 46.4 Å². The maximum absolute atomic E-state index is 12.8. The number of nitrogens with zero attached hydrogens (tertiary/aromatic N) is 2. The number of ether oxygens (including phenoxy) is 1. The molecule has 25 heavy (non-hydrogen) atoms. The summed E-state index contributed by atoms with van der Waals surface area (Å²) in [6.45, 7) is 8.07. The van der Waals surface area contributed by atoms with Crippen LogP contribution in [0.5, 0.6) is 0 Å². The molecule has 0 unspecified atom stereocenters. The predicted octanol–water partition coefficient (Wildman–Crippen LogP) is 1.12. The van der Waals surface area contributed by atoms with Crippen molar-refractivity contribution in [3.63, 3.8) is 0 Å². The van der Waals surface area contributed by atoms with Gasteiger partial charge in [0.1, 0.15) is 5.41 Å². The van der Waals surface area contributed by atoms with E-state index in [1.165, 1.54) is 5.56 Å². The zero-order valence-electron chi connectivity index (χ0n) is 15.5. The molecule has 1 aromatic carbocycles. The van der Waals surface area contributed by atoms with E-state index >= 15 is 0 Å². The number of carbonyl (C=O) groups is 2. The Morgan fingerprint density at radius 2 is 1.76 bits per heavy atom. The molecule has 1 aromatic rings. The molecular formula is C19H29N3O3. The molecule has 6 heteroatoms. The normalized spacial score (nSPS) is 15.9. The van der Waals surface area contributed by atoms with E-state index in [1.807, 2.05) is 18.2 Å². The van der Waals surface area contributed by atoms with Gasteiger partial charge in [0.15, 0.2) is 0 Å². The molecule has 2 amide bonds. The van der Waals surface area contributed by atoms with E-state index in [1.54, 1.807) is 25.9 Å². The van der Waals surface area contributed by atoms with Crippen molar-refractivity contribution in [1.29, 1.82) is 0 Å². The highest BCUT2D eigenvalue weighted by molar-refractivity contribution is 6.04. The molecule has 0 bridgehead atoms. The Morgan fingerprint density at radius 3 is 2.36 bits per heavy atom. The smallest absolute Gasteiger partial charge is 0.237 e. The summed E-state index contributed by atoms with van der Waals surface area (Å²) in [5, 5.41) is 2.76. The third kappa shape index (κ3) is 5.28. The SMILES string of the molecule is COCCNC(=O)C(C)(C)C(=O)N1CCN(Cc2ccccc2)CC1. The second-order valence-electron chi connectivity index (χ2n) is 6.93. The van der Waals surface area contributed by atoms with Gasteiger partial charge >= 0.3 is 0 Å². The highest BCUT2D eigenvalue weighted by Gasteiger charge is 2.39. The number of hydrogen-bond acceptors (Lipinski definition) is 4. The zero-order chi connectivity index (χ0) is 18.3. The number of rotatable bonds is 7. The fourth-order valence-corrected chi connectivity index (χ4v) is 2.93. The third-order valence-corrected chi connectivity index (χ3v) is 4.60. The quantitative estimate of drug-likeness (QED) is 0.593. The molecule has 0 atom stereocenters. The van der Waals surface area contributed by atoms with Crippen molar-refractivity contribution in [2.45, 2.75) is 20.4 Å². The number of methoxy groups -OCH3 is 1. The molecule has 0 aromatic heterocycles. The first-order chi connectivity index (χ1) is 11.9. The first-order valence-corrected chi connectivity index (χ1v) is 8.78. The van der Waals surface area contributed by atoms with E-state index in [-0.39, 0.29) is 11.8 Å². The molecule has 138 valence electrons. The number of hydrogen-bond donors (Lipinski definition) is 1. The predicted molar refractivity (Wildman–Crippen MR) is 97.0 cm³/mol. The number of amides is 2. The summed E-state index contributed by atoms with van der Waals surface area (Å²) in [5.41, 5.74) is 0.218. The number of piperazine rings is 1. The van der Waals surface area contributed by atoms with Crippen LogP contribution in [0.25, 0.3) is 0 Å². The fourth-order valence-electron chi connectivity index (χ4n) is 2.93. The topological polar surface area (TPSA) is 61.9 Å². The average molecular weight is 347 g/mol. The molecular weight excluding hydrogens is 318 g/mol. The minimum Gasteiger partial charge on any atom is -0.383 e. The molecule has 1 aliphatic rings. The van der Waals surface area contributed by atoms with Crippen LogP contribution in [0.4, 0.5) is 0 Å². The second-order valence-corrected chi connectivity index (χ2v) is 6.93. The Bertz CT molecular complexity index is 567. The Hall–Kier alpha value is -1.92. The van der Waals surface area contributed by atoms with Crippen LogP contribution in [0.1, 0.15) is 19.4 Å². The number of carbonyl (C=O) groups excluding carboxylic acids is 2. The second kappa shape index (κ2) is 8.97. The first kappa shape index (κ1) is 19.4. The van der Waals surface area contributed by atoms with Crippen molar-refractivity contribution in [3.05, 3.63) is 35.9 Å². The lowest BCUT2D eigenvalue weighted by atomic mass is 9.90. The Balaban J connectivity index is 1.84. The van der Waals surface area contributed by atoms with Crippen molar-refractivity contribution >= 4 is 11.8 Å². The summed E-state index contributed by atoms with van der Waals surface area (Å²) < 4.78 is 4.93. The van der Waals surface area contributed by atoms with Gasteiger partial charge < -0.3 is 15.0 Å². The van der Waals surface area contributed by atoms with Crippen LogP contribution in [-0.4, -0.2) is 68.1 Å². The maximum atomic E-state index is 12.8. The lowest BCUT2D eigenvalue weighted by Gasteiger charge is -2.38. The van der Waals surface area contributed by atoms with Crippen LogP contribution in [-0.2, 0) is 20.9 Å². The van der Waals surface area contributed by atoms with Crippen molar-refractivity contribution in [2.24, 2.45) is 5.41 Å². The summed E-state index contributed by atoms with van der Waals surface area (Å²) in [6, 6.07) is 10.3. The molecule has 1 saturated heterocycles. The first-order valence-electron chi connectivity index (χ1n) is 8.78. The molecule has 1 fully saturated rings. The molecule has 0 radical (unpaired) electrons. The summed E-state index contributed by atoms with van der Waals surface area (Å²) >= 11 is 0. The highest BCUT2D eigenvalue weighted by Crippen LogP contribution is 2.21. The molecule has 2 rings (SSSR count). The summed E-state index contributed by atoms with van der Waals surface area (Å²) in [7, 11) is 1.58. The van der Waals surface area contributed by atoms with Crippen LogP contribution < -0.4 is 5.32 Å². The Kier molecular flexibility index (Phi) is 6.96. The Labute approximate surface area is 150 Å². The lowest BCUT2D eigenvalue weighted by molar-refractivity contribution is -0.150. The van der Waals surface area contributed by atoms with Crippen LogP contribution in [0.15, 0.2) is 30.3 Å². The van der Waals surface area contributed by atoms with Gasteiger partial charge in [0.05, 0.1) is 6.61 Å². The van der Waals surface area contributed by atoms with Gasteiger partial charge in [0, 0.05) is 46.4 Å². The highest BCUT2D eigenvalue weighted by atomic mass is 16.5. The molecule has 6 nitrogen and oxygen atoms in total. The summed E-state index contributed by atoms with van der Waals surface area (Å²) in [5.74, 6) is -0.358. The van der Waals surface area contributed by atoms with Gasteiger partial charge in [-0.15, -0.1) is 0 Å². The standard InChI is InChI=1S/C19H29N3O3/c1-19(2,17(23)20-9-14-25-3)18(24)22-12-10-21(11-13-22)15-16-7-5-4-6-8-16/h4-8H,9-15H2,1-3H3,(H,20,23). The van der Waals surface area contributed by atoms with E-state index in [0.29, 0.717) is 26.2 Å². The minimum absolute atomic E-state index is 0.109. The van der Waals surface area contributed by atoms with Gasteiger partial charge in [0.2, 0.25) is 11.8 Å². The molecule has 1 aliphatic heterocycles. The van der Waals surface area contributed by atoms with Crippen LogP contribution >= 0.6 is 0 Å². The number of benzene rings is 1. The van der Waals surface area contributed by atoms with Crippen LogP contribution in [0.3, 0.4) is 0 Å². The fraction of sp³-hybridized carbons (Fsp3) is 0.579. The van der Waals surface area contributed by atoms with E-state index in [2.05, 4.69) is 22.3 Å². The van der Waals surface area contributed by atoms with E-state index < -0.39 is 5.41 Å². The zero-order valence-corrected chi connectivity index (χ0v) is 15.5. The van der Waals surface area contributed by atoms with Crippen LogP contribution in [0, 0.1) is 5.41 Å². The van der Waals surface area contributed by atoms with E-state index in [4.69, 9.17) is 4.74 Å². The molecule has 1 N–H and O–H groups in total. The maximum Gasteiger partial charge on any atom is 0.237 e. The summed E-state index contributed by atoms with van der Waals surface area (Å²) in [4.78, 5) is 29.2. The van der Waals surface area contributed by atoms with Gasteiger partial charge in [-0.05, 0) is 19.4 Å². The van der Waals surface area contributed by atoms with Gasteiger partial charge in [-0.25, -0.2) is 0 Å². The lowest BCUT2D eigenvalue weighted by Crippen LogP contribution is -2.55. The monoisotopic (exact) mass is 347 g/mol. The molecule has 0 spiro atoms. The van der Waals surface area contributed by atoms with Crippen LogP contribution in [0.2, 0.25) is 0 Å². The van der Waals surface area contributed by atoms with Gasteiger partial charge in [-0.3, -0.25) is 14.5 Å². The van der Waals surface area contributed by atoms with E-state index in [0.717, 1.165) is 19.6 Å². The largest absolute Gasteiger partial charge is 0.383 e. The van der Waals surface area contributed by atoms with E-state index in [9.17, 15) is 9.59 Å². The third-order valence-electron chi connectivity index (χ3n) is 4.60. The molecule has 1 heterocycles. The minimum atomic E-state index is -1.06. The van der Waals surface area contributed by atoms with Gasteiger partial charge in [0.25, 0.3) is 0 Å². The van der Waals surface area contributed by atoms with Crippen molar-refractivity contribution in [1.82, 2.24) is 15.1 Å². The van der Waals surface area contributed by atoms with Gasteiger partial charge in [-0.2, -0.15) is 0 Å². The van der Waals surface area contributed by atoms with Crippen molar-refractivity contribution in [3.8, 4) is 0 Å². The average Bonchev–Trinajstić information content (AvgIpc) is 2.62. The molecule has 0 aliphatic carbocycles. The molecule has 0 saturated carbocycles. The van der Waals surface area contributed by atoms with Crippen molar-refractivity contribution < 1.29 is 14.3 Å².